The molecule has 1 aromatic carbocycles. The molecule has 5 nitrogen and oxygen atoms in total. The maximum Gasteiger partial charge on any atom is 0.326 e. The molecule has 0 radical (unpaired) electrons. The van der Waals surface area contributed by atoms with Crippen molar-refractivity contribution in [2.75, 3.05) is 6.54 Å². The topological polar surface area (TPSA) is 70.5 Å². The number of aromatic nitrogens is 1. The van der Waals surface area contributed by atoms with Gasteiger partial charge in [0.25, 0.3) is 5.91 Å². The summed E-state index contributed by atoms with van der Waals surface area (Å²) >= 11 is 1.41. The molecule has 132 valence electrons. The molecule has 3 rings (SSSR count). The van der Waals surface area contributed by atoms with E-state index in [1.807, 2.05) is 12.1 Å². The fourth-order valence-corrected chi connectivity index (χ4v) is 3.89. The van der Waals surface area contributed by atoms with Crippen LogP contribution >= 0.6 is 11.3 Å². The van der Waals surface area contributed by atoms with E-state index in [-0.39, 0.29) is 5.91 Å². The van der Waals surface area contributed by atoms with Crippen molar-refractivity contribution in [2.45, 2.75) is 45.1 Å². The van der Waals surface area contributed by atoms with Crippen LogP contribution < -0.4 is 0 Å². The zero-order valence-corrected chi connectivity index (χ0v) is 15.3. The normalized spacial score (nSPS) is 17.7. The molecule has 2 heterocycles. The Hall–Kier alpha value is -2.21. The van der Waals surface area contributed by atoms with Gasteiger partial charge in [-0.1, -0.05) is 38.1 Å². The third-order valence-electron chi connectivity index (χ3n) is 4.60. The molecule has 0 aliphatic carbocycles. The van der Waals surface area contributed by atoms with Gasteiger partial charge in [-0.25, -0.2) is 9.78 Å². The van der Waals surface area contributed by atoms with E-state index in [4.69, 9.17) is 0 Å². The van der Waals surface area contributed by atoms with E-state index in [0.717, 1.165) is 23.4 Å². The number of thiazole rings is 1. The molecular weight excluding hydrogens is 336 g/mol. The van der Waals surface area contributed by atoms with Gasteiger partial charge in [0.2, 0.25) is 0 Å². The van der Waals surface area contributed by atoms with Crippen LogP contribution in [-0.4, -0.2) is 39.5 Å². The number of carbonyl (C=O) groups excluding carboxylic acids is 1. The van der Waals surface area contributed by atoms with Crippen molar-refractivity contribution in [1.82, 2.24) is 9.88 Å². The molecule has 0 bridgehead atoms. The van der Waals surface area contributed by atoms with E-state index < -0.39 is 12.0 Å². The first-order valence-electron chi connectivity index (χ1n) is 8.57. The average molecular weight is 358 g/mol. The van der Waals surface area contributed by atoms with Crippen LogP contribution in [0.4, 0.5) is 0 Å². The van der Waals surface area contributed by atoms with E-state index in [2.05, 4.69) is 31.0 Å². The number of hydrogen-bond acceptors (Lipinski definition) is 4. The molecular formula is C19H22N2O3S. The van der Waals surface area contributed by atoms with E-state index in [1.54, 1.807) is 5.38 Å². The van der Waals surface area contributed by atoms with Crippen LogP contribution in [0.25, 0.3) is 10.6 Å². The second-order valence-electron chi connectivity index (χ2n) is 6.66. The predicted octanol–water partition coefficient (Wildman–Crippen LogP) is 4.01. The largest absolute Gasteiger partial charge is 0.480 e. The number of carboxylic acids is 1. The Labute approximate surface area is 151 Å². The molecule has 0 saturated carbocycles. The third kappa shape index (κ3) is 3.74. The molecule has 1 amide bonds. The van der Waals surface area contributed by atoms with Gasteiger partial charge in [-0.3, -0.25) is 4.79 Å². The van der Waals surface area contributed by atoms with Crippen LogP contribution in [0.1, 0.15) is 55.1 Å². The van der Waals surface area contributed by atoms with Gasteiger partial charge < -0.3 is 10.0 Å². The monoisotopic (exact) mass is 358 g/mol. The summed E-state index contributed by atoms with van der Waals surface area (Å²) < 4.78 is 0. The number of piperidine rings is 1. The lowest BCUT2D eigenvalue weighted by atomic mass is 10.0. The lowest BCUT2D eigenvalue weighted by Gasteiger charge is -2.32. The summed E-state index contributed by atoms with van der Waals surface area (Å²) in [4.78, 5) is 30.0. The predicted molar refractivity (Wildman–Crippen MR) is 98.0 cm³/mol. The third-order valence-corrected chi connectivity index (χ3v) is 5.49. The van der Waals surface area contributed by atoms with Gasteiger partial charge in [0.15, 0.2) is 0 Å². The van der Waals surface area contributed by atoms with Gasteiger partial charge in [-0.15, -0.1) is 11.3 Å². The van der Waals surface area contributed by atoms with Crippen LogP contribution in [0.5, 0.6) is 0 Å². The first-order chi connectivity index (χ1) is 12.0. The number of likely N-dealkylation sites (tertiary alicyclic amines) is 1. The van der Waals surface area contributed by atoms with E-state index in [9.17, 15) is 14.7 Å². The molecule has 1 fully saturated rings. The van der Waals surface area contributed by atoms with Crippen molar-refractivity contribution in [1.29, 1.82) is 0 Å². The fraction of sp³-hybridized carbons (Fsp3) is 0.421. The molecule has 0 spiro atoms. The van der Waals surface area contributed by atoms with Crippen molar-refractivity contribution >= 4 is 23.2 Å². The molecule has 1 aliphatic heterocycles. The molecule has 1 saturated heterocycles. The second-order valence-corrected chi connectivity index (χ2v) is 7.52. The molecule has 25 heavy (non-hydrogen) atoms. The van der Waals surface area contributed by atoms with E-state index >= 15 is 0 Å². The number of amides is 1. The SMILES string of the molecule is CC(C)c1ccc(-c2nc(C(=O)N3CCCC[C@@H]3C(=O)O)cs2)cc1. The highest BCUT2D eigenvalue weighted by molar-refractivity contribution is 7.13. The Morgan fingerprint density at radius 2 is 1.96 bits per heavy atom. The summed E-state index contributed by atoms with van der Waals surface area (Å²) in [6.07, 6.45) is 2.18. The van der Waals surface area contributed by atoms with Crippen LogP contribution in [-0.2, 0) is 4.79 Å². The van der Waals surface area contributed by atoms with Gasteiger partial charge >= 0.3 is 5.97 Å². The summed E-state index contributed by atoms with van der Waals surface area (Å²) in [6, 6.07) is 7.45. The number of carboxylic acid groups (broad SMARTS) is 1. The minimum atomic E-state index is -0.937. The molecule has 1 atom stereocenters. The van der Waals surface area contributed by atoms with Crippen LogP contribution in [0.15, 0.2) is 29.6 Å². The lowest BCUT2D eigenvalue weighted by molar-refractivity contribution is -0.143. The van der Waals surface area contributed by atoms with Crippen molar-refractivity contribution in [3.63, 3.8) is 0 Å². The standard InChI is InChI=1S/C19H22N2O3S/c1-12(2)13-6-8-14(9-7-13)17-20-15(11-25-17)18(22)21-10-4-3-5-16(21)19(23)24/h6-9,11-12,16H,3-5,10H2,1-2H3,(H,23,24)/t16-/m1/s1. The van der Waals surface area contributed by atoms with Gasteiger partial charge in [0, 0.05) is 17.5 Å². The summed E-state index contributed by atoms with van der Waals surface area (Å²) in [7, 11) is 0. The molecule has 0 unspecified atom stereocenters. The molecule has 1 aliphatic rings. The van der Waals surface area contributed by atoms with E-state index in [1.165, 1.54) is 21.8 Å². The Morgan fingerprint density at radius 3 is 2.60 bits per heavy atom. The summed E-state index contributed by atoms with van der Waals surface area (Å²) in [5.74, 6) is -0.754. The maximum absolute atomic E-state index is 12.7. The maximum atomic E-state index is 12.7. The van der Waals surface area contributed by atoms with Gasteiger partial charge in [-0.2, -0.15) is 0 Å². The number of nitrogens with zero attached hydrogens (tertiary/aromatic N) is 2. The first kappa shape index (κ1) is 17.6. The van der Waals surface area contributed by atoms with Crippen LogP contribution in [0.2, 0.25) is 0 Å². The highest BCUT2D eigenvalue weighted by atomic mass is 32.1. The van der Waals surface area contributed by atoms with Crippen molar-refractivity contribution < 1.29 is 14.7 Å². The second kappa shape index (κ2) is 7.35. The Morgan fingerprint density at radius 1 is 1.24 bits per heavy atom. The number of rotatable bonds is 4. The summed E-state index contributed by atoms with van der Waals surface area (Å²) in [6.45, 7) is 4.77. The van der Waals surface area contributed by atoms with Gasteiger partial charge in [0.1, 0.15) is 16.7 Å². The Bertz CT molecular complexity index is 767. The summed E-state index contributed by atoms with van der Waals surface area (Å²) in [5, 5.41) is 11.9. The van der Waals surface area contributed by atoms with E-state index in [0.29, 0.717) is 24.6 Å². The first-order valence-corrected chi connectivity index (χ1v) is 9.45. The smallest absolute Gasteiger partial charge is 0.326 e. The highest BCUT2D eigenvalue weighted by Crippen LogP contribution is 2.27. The molecule has 1 N–H and O–H groups in total. The van der Waals surface area contributed by atoms with Gasteiger partial charge in [-0.05, 0) is 30.7 Å². The minimum absolute atomic E-state index is 0.284. The van der Waals surface area contributed by atoms with Crippen molar-refractivity contribution in [3.8, 4) is 10.6 Å². The van der Waals surface area contributed by atoms with Crippen LogP contribution in [0, 0.1) is 0 Å². The Kier molecular flexibility index (Phi) is 5.18. The molecule has 6 heteroatoms. The van der Waals surface area contributed by atoms with Gasteiger partial charge in [0.05, 0.1) is 0 Å². The number of benzene rings is 1. The lowest BCUT2D eigenvalue weighted by Crippen LogP contribution is -2.48. The van der Waals surface area contributed by atoms with Crippen molar-refractivity contribution in [3.05, 3.63) is 40.9 Å². The number of aliphatic carboxylic acids is 1. The minimum Gasteiger partial charge on any atom is -0.480 e. The zero-order valence-electron chi connectivity index (χ0n) is 14.4. The fourth-order valence-electron chi connectivity index (χ4n) is 3.09. The average Bonchev–Trinajstić information content (AvgIpc) is 3.11. The molecule has 1 aromatic heterocycles. The molecule has 2 aromatic rings. The highest BCUT2D eigenvalue weighted by Gasteiger charge is 2.33. The number of carbonyl (C=O) groups is 2. The number of hydrogen-bond donors (Lipinski definition) is 1. The Balaban J connectivity index is 1.80. The quantitative estimate of drug-likeness (QED) is 0.896. The van der Waals surface area contributed by atoms with Crippen LogP contribution in [0.3, 0.4) is 0 Å². The zero-order chi connectivity index (χ0) is 18.0. The summed E-state index contributed by atoms with van der Waals surface area (Å²) in [5.41, 5.74) is 2.57. The van der Waals surface area contributed by atoms with Crippen molar-refractivity contribution in [2.24, 2.45) is 0 Å².